The highest BCUT2D eigenvalue weighted by Gasteiger charge is 2.18. The van der Waals surface area contributed by atoms with Crippen molar-refractivity contribution in [3.63, 3.8) is 0 Å². The summed E-state index contributed by atoms with van der Waals surface area (Å²) < 4.78 is 0. The van der Waals surface area contributed by atoms with Crippen LogP contribution < -0.4 is 10.6 Å². The van der Waals surface area contributed by atoms with Crippen LogP contribution in [0, 0.1) is 0 Å². The number of rotatable bonds is 4. The number of hydrogen-bond donors (Lipinski definition) is 2. The van der Waals surface area contributed by atoms with Gasteiger partial charge in [-0.1, -0.05) is 40.0 Å². The van der Waals surface area contributed by atoms with E-state index in [0.29, 0.717) is 12.6 Å². The van der Waals surface area contributed by atoms with Gasteiger partial charge in [-0.25, -0.2) is 9.98 Å². The van der Waals surface area contributed by atoms with Gasteiger partial charge in [-0.3, -0.25) is 0 Å². The van der Waals surface area contributed by atoms with E-state index in [1.165, 1.54) is 37.1 Å². The zero-order valence-corrected chi connectivity index (χ0v) is 18.0. The Morgan fingerprint density at radius 3 is 2.57 bits per heavy atom. The van der Waals surface area contributed by atoms with Gasteiger partial charge in [0.25, 0.3) is 0 Å². The lowest BCUT2D eigenvalue weighted by molar-refractivity contribution is 0.410. The fourth-order valence-electron chi connectivity index (χ4n) is 2.64. The largest absolute Gasteiger partial charge is 0.357 e. The van der Waals surface area contributed by atoms with Crippen LogP contribution in [0.4, 0.5) is 0 Å². The second-order valence-electron chi connectivity index (χ2n) is 7.07. The molecule has 0 bridgehead atoms. The van der Waals surface area contributed by atoms with E-state index in [0.717, 1.165) is 18.2 Å². The molecule has 1 aliphatic rings. The SMILES string of the molecule is CCNC(=NCc1csc(C(C)(C)C)n1)NC1CCCCC1.I. The lowest BCUT2D eigenvalue weighted by Gasteiger charge is -2.24. The first-order valence-corrected chi connectivity index (χ1v) is 9.36. The fraction of sp³-hybridized carbons (Fsp3) is 0.765. The van der Waals surface area contributed by atoms with Gasteiger partial charge in [0.15, 0.2) is 5.96 Å². The molecule has 0 aromatic carbocycles. The summed E-state index contributed by atoms with van der Waals surface area (Å²) in [6.07, 6.45) is 6.56. The van der Waals surface area contributed by atoms with Crippen LogP contribution in [0.15, 0.2) is 10.4 Å². The minimum absolute atomic E-state index is 0. The van der Waals surface area contributed by atoms with E-state index in [2.05, 4.69) is 43.7 Å². The third-order valence-electron chi connectivity index (χ3n) is 3.88. The van der Waals surface area contributed by atoms with E-state index in [-0.39, 0.29) is 29.4 Å². The Morgan fingerprint density at radius 1 is 1.30 bits per heavy atom. The summed E-state index contributed by atoms with van der Waals surface area (Å²) in [5.41, 5.74) is 1.19. The molecule has 1 aromatic heterocycles. The lowest BCUT2D eigenvalue weighted by Crippen LogP contribution is -2.44. The molecule has 0 aliphatic heterocycles. The van der Waals surface area contributed by atoms with E-state index >= 15 is 0 Å². The van der Waals surface area contributed by atoms with Crippen molar-refractivity contribution >= 4 is 41.3 Å². The normalized spacial score (nSPS) is 16.8. The molecule has 1 aliphatic carbocycles. The maximum atomic E-state index is 4.72. The van der Waals surface area contributed by atoms with Gasteiger partial charge in [0.1, 0.15) is 0 Å². The third kappa shape index (κ3) is 6.95. The summed E-state index contributed by atoms with van der Waals surface area (Å²) in [7, 11) is 0. The molecule has 2 rings (SSSR count). The van der Waals surface area contributed by atoms with E-state index < -0.39 is 0 Å². The summed E-state index contributed by atoms with van der Waals surface area (Å²) in [6.45, 7) is 10.3. The van der Waals surface area contributed by atoms with Gasteiger partial charge in [-0.2, -0.15) is 0 Å². The molecular weight excluding hydrogens is 419 g/mol. The standard InChI is InChI=1S/C17H30N4S.HI/c1-5-18-16(21-13-9-7-6-8-10-13)19-11-14-12-22-15(20-14)17(2,3)4;/h12-13H,5-11H2,1-4H3,(H2,18,19,21);1H. The summed E-state index contributed by atoms with van der Waals surface area (Å²) in [6, 6.07) is 0.576. The number of aliphatic imine (C=N–C) groups is 1. The Kier molecular flexibility index (Phi) is 8.82. The molecule has 0 spiro atoms. The van der Waals surface area contributed by atoms with Crippen LogP contribution in [-0.2, 0) is 12.0 Å². The number of thiazole rings is 1. The maximum Gasteiger partial charge on any atom is 0.191 e. The van der Waals surface area contributed by atoms with Crippen LogP contribution >= 0.6 is 35.3 Å². The van der Waals surface area contributed by atoms with Crippen LogP contribution in [0.2, 0.25) is 0 Å². The summed E-state index contributed by atoms with van der Waals surface area (Å²) in [4.78, 5) is 9.43. The van der Waals surface area contributed by atoms with Crippen LogP contribution in [0.25, 0.3) is 0 Å². The molecule has 2 N–H and O–H groups in total. The van der Waals surface area contributed by atoms with Gasteiger partial charge >= 0.3 is 0 Å². The second kappa shape index (κ2) is 9.81. The zero-order valence-electron chi connectivity index (χ0n) is 14.8. The maximum absolute atomic E-state index is 4.72. The van der Waals surface area contributed by atoms with Crippen molar-refractivity contribution in [2.45, 2.75) is 77.8 Å². The van der Waals surface area contributed by atoms with E-state index in [1.807, 2.05) is 0 Å². The van der Waals surface area contributed by atoms with Gasteiger partial charge < -0.3 is 10.6 Å². The molecule has 0 unspecified atom stereocenters. The van der Waals surface area contributed by atoms with Gasteiger partial charge in [-0.15, -0.1) is 35.3 Å². The first kappa shape index (κ1) is 20.7. The molecule has 0 atom stereocenters. The predicted octanol–water partition coefficient (Wildman–Crippen LogP) is 4.45. The summed E-state index contributed by atoms with van der Waals surface area (Å²) in [5, 5.41) is 10.2. The summed E-state index contributed by atoms with van der Waals surface area (Å²) >= 11 is 1.74. The van der Waals surface area contributed by atoms with Crippen molar-refractivity contribution in [3.05, 3.63) is 16.1 Å². The van der Waals surface area contributed by atoms with Gasteiger partial charge in [0, 0.05) is 23.4 Å². The van der Waals surface area contributed by atoms with Crippen molar-refractivity contribution in [3.8, 4) is 0 Å². The molecule has 0 radical (unpaired) electrons. The quantitative estimate of drug-likeness (QED) is 0.405. The molecule has 4 nitrogen and oxygen atoms in total. The molecule has 132 valence electrons. The number of nitrogens with zero attached hydrogens (tertiary/aromatic N) is 2. The van der Waals surface area contributed by atoms with Crippen molar-refractivity contribution in [2.24, 2.45) is 4.99 Å². The number of guanidine groups is 1. The predicted molar refractivity (Wildman–Crippen MR) is 111 cm³/mol. The number of halogens is 1. The Balaban J connectivity index is 0.00000264. The van der Waals surface area contributed by atoms with Crippen molar-refractivity contribution in [1.29, 1.82) is 0 Å². The number of hydrogen-bond acceptors (Lipinski definition) is 3. The highest BCUT2D eigenvalue weighted by Crippen LogP contribution is 2.25. The highest BCUT2D eigenvalue weighted by atomic mass is 127. The van der Waals surface area contributed by atoms with Crippen molar-refractivity contribution in [2.75, 3.05) is 6.54 Å². The molecule has 23 heavy (non-hydrogen) atoms. The lowest BCUT2D eigenvalue weighted by atomic mass is 9.96. The van der Waals surface area contributed by atoms with Crippen LogP contribution in [0.3, 0.4) is 0 Å². The first-order chi connectivity index (χ1) is 10.5. The minimum Gasteiger partial charge on any atom is -0.357 e. The second-order valence-corrected chi connectivity index (χ2v) is 7.93. The van der Waals surface area contributed by atoms with Crippen molar-refractivity contribution in [1.82, 2.24) is 15.6 Å². The van der Waals surface area contributed by atoms with Crippen LogP contribution in [0.1, 0.15) is 70.5 Å². The van der Waals surface area contributed by atoms with Crippen LogP contribution in [-0.4, -0.2) is 23.5 Å². The van der Waals surface area contributed by atoms with Gasteiger partial charge in [-0.05, 0) is 19.8 Å². The van der Waals surface area contributed by atoms with Gasteiger partial charge in [0.2, 0.25) is 0 Å². The molecule has 1 saturated carbocycles. The van der Waals surface area contributed by atoms with Crippen molar-refractivity contribution < 1.29 is 0 Å². The average molecular weight is 450 g/mol. The number of aromatic nitrogens is 1. The minimum atomic E-state index is 0. The smallest absolute Gasteiger partial charge is 0.191 e. The highest BCUT2D eigenvalue weighted by molar-refractivity contribution is 14.0. The van der Waals surface area contributed by atoms with E-state index in [9.17, 15) is 0 Å². The van der Waals surface area contributed by atoms with Gasteiger partial charge in [0.05, 0.1) is 17.2 Å². The fourth-order valence-corrected chi connectivity index (χ4v) is 3.54. The Bertz CT molecular complexity index is 487. The molecular formula is C17H31IN4S. The Labute approximate surface area is 162 Å². The van der Waals surface area contributed by atoms with Crippen LogP contribution in [0.5, 0.6) is 0 Å². The molecule has 0 saturated heterocycles. The Morgan fingerprint density at radius 2 is 2.00 bits per heavy atom. The topological polar surface area (TPSA) is 49.3 Å². The number of nitrogens with one attached hydrogen (secondary N) is 2. The average Bonchev–Trinajstić information content (AvgIpc) is 2.95. The monoisotopic (exact) mass is 450 g/mol. The third-order valence-corrected chi connectivity index (χ3v) is 5.20. The molecule has 1 fully saturated rings. The molecule has 6 heteroatoms. The first-order valence-electron chi connectivity index (χ1n) is 8.48. The molecule has 0 amide bonds. The van der Waals surface area contributed by atoms with E-state index in [4.69, 9.17) is 9.98 Å². The zero-order chi connectivity index (χ0) is 16.0. The van der Waals surface area contributed by atoms with E-state index in [1.54, 1.807) is 11.3 Å². The molecule has 1 aromatic rings. The Hall–Kier alpha value is -0.370. The summed E-state index contributed by atoms with van der Waals surface area (Å²) in [5.74, 6) is 0.930. The molecule has 1 heterocycles.